The summed E-state index contributed by atoms with van der Waals surface area (Å²) in [6.45, 7) is 2.16. The van der Waals surface area contributed by atoms with Gasteiger partial charge in [-0.05, 0) is 37.3 Å². The highest BCUT2D eigenvalue weighted by atomic mass is 32.1. The molecule has 0 saturated carbocycles. The van der Waals surface area contributed by atoms with Crippen molar-refractivity contribution >= 4 is 22.2 Å². The smallest absolute Gasteiger partial charge is 0.267 e. The third-order valence-corrected chi connectivity index (χ3v) is 5.47. The van der Waals surface area contributed by atoms with Gasteiger partial charge in [-0.3, -0.25) is 14.0 Å². The van der Waals surface area contributed by atoms with Gasteiger partial charge in [-0.25, -0.2) is 14.1 Å². The first kappa shape index (κ1) is 18.1. The Kier molecular flexibility index (Phi) is 4.74. The van der Waals surface area contributed by atoms with Gasteiger partial charge in [0, 0.05) is 34.6 Å². The lowest BCUT2D eigenvalue weighted by molar-refractivity contribution is -0.122. The summed E-state index contributed by atoms with van der Waals surface area (Å²) in [5.74, 6) is -0.579. The fourth-order valence-corrected chi connectivity index (χ4v) is 3.84. The minimum absolute atomic E-state index is 0.129. The van der Waals surface area contributed by atoms with Crippen molar-refractivity contribution in [1.82, 2.24) is 24.5 Å². The molecule has 1 N–H and O–H groups in total. The molecular weight excluding hydrogens is 381 g/mol. The van der Waals surface area contributed by atoms with Gasteiger partial charge in [0.15, 0.2) is 4.96 Å². The van der Waals surface area contributed by atoms with Crippen LogP contribution in [0.2, 0.25) is 0 Å². The van der Waals surface area contributed by atoms with Gasteiger partial charge in [-0.1, -0.05) is 11.3 Å². The second-order valence-electron chi connectivity index (χ2n) is 6.19. The second kappa shape index (κ2) is 7.35. The highest BCUT2D eigenvalue weighted by Crippen LogP contribution is 2.27. The van der Waals surface area contributed by atoms with E-state index in [9.17, 15) is 14.0 Å². The van der Waals surface area contributed by atoms with E-state index in [-0.39, 0.29) is 23.8 Å². The molecule has 0 aliphatic carbocycles. The van der Waals surface area contributed by atoms with Crippen molar-refractivity contribution in [2.75, 3.05) is 0 Å². The van der Waals surface area contributed by atoms with Crippen molar-refractivity contribution in [3.8, 4) is 11.3 Å². The minimum Gasteiger partial charge on any atom is -0.350 e. The number of hydrogen-bond acceptors (Lipinski definition) is 5. The number of nitrogens with zero attached hydrogens (tertiary/aromatic N) is 4. The van der Waals surface area contributed by atoms with Gasteiger partial charge in [-0.15, -0.1) is 0 Å². The van der Waals surface area contributed by atoms with Crippen LogP contribution >= 0.6 is 11.3 Å². The molecule has 3 heterocycles. The Morgan fingerprint density at radius 3 is 2.75 bits per heavy atom. The Morgan fingerprint density at radius 2 is 2.04 bits per heavy atom. The number of thiazole rings is 1. The quantitative estimate of drug-likeness (QED) is 0.561. The van der Waals surface area contributed by atoms with Crippen molar-refractivity contribution in [2.45, 2.75) is 20.0 Å². The summed E-state index contributed by atoms with van der Waals surface area (Å²) in [5.41, 5.74) is 2.25. The fraction of sp³-hybridized carbons (Fsp3) is 0.158. The monoisotopic (exact) mass is 397 g/mol. The zero-order valence-electron chi connectivity index (χ0n) is 14.9. The van der Waals surface area contributed by atoms with Crippen LogP contribution in [0.4, 0.5) is 4.39 Å². The largest absolute Gasteiger partial charge is 0.350 e. The summed E-state index contributed by atoms with van der Waals surface area (Å²) < 4.78 is 16.2. The van der Waals surface area contributed by atoms with Crippen molar-refractivity contribution in [3.63, 3.8) is 0 Å². The fourth-order valence-electron chi connectivity index (χ4n) is 2.79. The number of rotatable bonds is 5. The zero-order chi connectivity index (χ0) is 19.7. The van der Waals surface area contributed by atoms with Gasteiger partial charge in [0.05, 0.1) is 12.2 Å². The molecule has 0 spiro atoms. The van der Waals surface area contributed by atoms with Gasteiger partial charge in [0.25, 0.3) is 5.56 Å². The number of halogens is 1. The summed E-state index contributed by atoms with van der Waals surface area (Å²) in [5, 5.41) is 6.68. The Hall–Kier alpha value is -3.33. The minimum atomic E-state index is -0.322. The van der Waals surface area contributed by atoms with Gasteiger partial charge in [0.1, 0.15) is 12.4 Å². The van der Waals surface area contributed by atoms with E-state index in [0.717, 1.165) is 31.5 Å². The van der Waals surface area contributed by atoms with E-state index in [1.807, 2.05) is 17.5 Å². The standard InChI is InChI=1S/C19H16FN5O2S/c1-12-16(9-21-17(26)11-25-18(27)3-2-8-22-25)28-19-23-15(10-24(12)19)13-4-6-14(20)7-5-13/h2-8,10H,9,11H2,1H3,(H,21,26). The van der Waals surface area contributed by atoms with E-state index in [4.69, 9.17) is 0 Å². The molecule has 0 aliphatic rings. The molecule has 142 valence electrons. The topological polar surface area (TPSA) is 81.3 Å². The van der Waals surface area contributed by atoms with Crippen LogP contribution in [0.5, 0.6) is 0 Å². The number of benzene rings is 1. The summed E-state index contributed by atoms with van der Waals surface area (Å²) >= 11 is 1.47. The van der Waals surface area contributed by atoms with Gasteiger partial charge in [0.2, 0.25) is 5.91 Å². The van der Waals surface area contributed by atoms with Crippen molar-refractivity contribution in [2.24, 2.45) is 0 Å². The number of aryl methyl sites for hydroxylation is 1. The van der Waals surface area contributed by atoms with Gasteiger partial charge < -0.3 is 5.32 Å². The van der Waals surface area contributed by atoms with Crippen LogP contribution in [-0.4, -0.2) is 25.1 Å². The molecule has 0 aliphatic heterocycles. The molecule has 7 nitrogen and oxygen atoms in total. The first-order chi connectivity index (χ1) is 13.5. The van der Waals surface area contributed by atoms with Crippen molar-refractivity contribution < 1.29 is 9.18 Å². The number of carbonyl (C=O) groups excluding carboxylic acids is 1. The summed E-state index contributed by atoms with van der Waals surface area (Å²) in [7, 11) is 0. The first-order valence-electron chi connectivity index (χ1n) is 8.53. The molecule has 0 bridgehead atoms. The first-order valence-corrected chi connectivity index (χ1v) is 9.35. The van der Waals surface area contributed by atoms with E-state index in [1.54, 1.807) is 12.1 Å². The van der Waals surface area contributed by atoms with Crippen LogP contribution in [0.1, 0.15) is 10.6 Å². The normalized spacial score (nSPS) is 11.1. The molecule has 3 aromatic heterocycles. The van der Waals surface area contributed by atoms with Gasteiger partial charge >= 0.3 is 0 Å². The summed E-state index contributed by atoms with van der Waals surface area (Å²) in [6.07, 6.45) is 3.36. The van der Waals surface area contributed by atoms with E-state index in [2.05, 4.69) is 15.4 Å². The van der Waals surface area contributed by atoms with E-state index in [0.29, 0.717) is 6.54 Å². The Labute approximate surface area is 163 Å². The molecule has 28 heavy (non-hydrogen) atoms. The highest BCUT2D eigenvalue weighted by molar-refractivity contribution is 7.17. The number of hydrogen-bond donors (Lipinski definition) is 1. The molecule has 0 radical (unpaired) electrons. The predicted octanol–water partition coefficient (Wildman–Crippen LogP) is 2.38. The Balaban J connectivity index is 1.47. The number of carbonyl (C=O) groups is 1. The molecule has 4 rings (SSSR count). The maximum Gasteiger partial charge on any atom is 0.267 e. The number of fused-ring (bicyclic) bond motifs is 1. The van der Waals surface area contributed by atoms with Crippen LogP contribution in [0.25, 0.3) is 16.2 Å². The lowest BCUT2D eigenvalue weighted by Gasteiger charge is -2.05. The van der Waals surface area contributed by atoms with Gasteiger partial charge in [-0.2, -0.15) is 5.10 Å². The number of aromatic nitrogens is 4. The van der Waals surface area contributed by atoms with Crippen LogP contribution in [0.3, 0.4) is 0 Å². The highest BCUT2D eigenvalue weighted by Gasteiger charge is 2.14. The Bertz CT molecular complexity index is 1210. The summed E-state index contributed by atoms with van der Waals surface area (Å²) in [6, 6.07) is 9.09. The van der Waals surface area contributed by atoms with Crippen molar-refractivity contribution in [1.29, 1.82) is 0 Å². The maximum atomic E-state index is 13.1. The lowest BCUT2D eigenvalue weighted by Crippen LogP contribution is -2.32. The molecule has 0 fully saturated rings. The van der Waals surface area contributed by atoms with Crippen LogP contribution in [0.15, 0.2) is 53.6 Å². The molecule has 1 aromatic carbocycles. The van der Waals surface area contributed by atoms with E-state index < -0.39 is 0 Å². The van der Waals surface area contributed by atoms with E-state index >= 15 is 0 Å². The zero-order valence-corrected chi connectivity index (χ0v) is 15.7. The SMILES string of the molecule is Cc1c(CNC(=O)Cn2ncccc2=O)sc2nc(-c3ccc(F)cc3)cn12. The lowest BCUT2D eigenvalue weighted by atomic mass is 10.2. The second-order valence-corrected chi connectivity index (χ2v) is 7.25. The molecule has 9 heteroatoms. The number of nitrogens with one attached hydrogen (secondary N) is 1. The van der Waals surface area contributed by atoms with Crippen molar-refractivity contribution in [3.05, 3.63) is 75.5 Å². The summed E-state index contributed by atoms with van der Waals surface area (Å²) in [4.78, 5) is 30.1. The number of imidazole rings is 1. The van der Waals surface area contributed by atoms with Crippen LogP contribution in [0, 0.1) is 12.7 Å². The molecule has 4 aromatic rings. The molecule has 0 atom stereocenters. The Morgan fingerprint density at radius 1 is 1.25 bits per heavy atom. The predicted molar refractivity (Wildman–Crippen MR) is 104 cm³/mol. The molecular formula is C19H16FN5O2S. The average molecular weight is 397 g/mol. The van der Waals surface area contributed by atoms with E-state index in [1.165, 1.54) is 41.8 Å². The average Bonchev–Trinajstić information content (AvgIpc) is 3.22. The molecule has 0 saturated heterocycles. The third kappa shape index (κ3) is 3.56. The molecule has 1 amide bonds. The third-order valence-electron chi connectivity index (χ3n) is 4.32. The number of amides is 1. The van der Waals surface area contributed by atoms with Crippen LogP contribution < -0.4 is 10.9 Å². The van der Waals surface area contributed by atoms with Crippen LogP contribution in [-0.2, 0) is 17.9 Å². The molecule has 0 unspecified atom stereocenters. The maximum absolute atomic E-state index is 13.1.